The molecule has 118 valence electrons. The summed E-state index contributed by atoms with van der Waals surface area (Å²) in [5.74, 6) is 2.19. The Hall–Kier alpha value is -2.18. The number of rotatable bonds is 3. The SMILES string of the molecule is CCc1nc(C)c(C(=O)N2CCC[C@@H](c3noc(C)n3)C2)o1. The van der Waals surface area contributed by atoms with Gasteiger partial charge in [-0.3, -0.25) is 4.79 Å². The number of hydrogen-bond donors (Lipinski definition) is 0. The highest BCUT2D eigenvalue weighted by atomic mass is 16.5. The second-order valence-electron chi connectivity index (χ2n) is 5.64. The van der Waals surface area contributed by atoms with Gasteiger partial charge in [0.2, 0.25) is 11.7 Å². The number of aryl methyl sites for hydroxylation is 3. The molecular weight excluding hydrogens is 284 g/mol. The van der Waals surface area contributed by atoms with Crippen LogP contribution in [0, 0.1) is 13.8 Å². The first-order valence-corrected chi connectivity index (χ1v) is 7.64. The van der Waals surface area contributed by atoms with Crippen LogP contribution in [0.4, 0.5) is 0 Å². The highest BCUT2D eigenvalue weighted by molar-refractivity contribution is 5.92. The molecule has 3 heterocycles. The molecular formula is C15H20N4O3. The van der Waals surface area contributed by atoms with Crippen LogP contribution in [0.2, 0.25) is 0 Å². The van der Waals surface area contributed by atoms with Gasteiger partial charge in [-0.2, -0.15) is 4.98 Å². The maximum atomic E-state index is 12.7. The summed E-state index contributed by atoms with van der Waals surface area (Å²) in [4.78, 5) is 23.0. The van der Waals surface area contributed by atoms with Crippen LogP contribution in [-0.4, -0.2) is 39.0 Å². The van der Waals surface area contributed by atoms with Crippen LogP contribution in [-0.2, 0) is 6.42 Å². The summed E-state index contributed by atoms with van der Waals surface area (Å²) in [5.41, 5.74) is 0.652. The summed E-state index contributed by atoms with van der Waals surface area (Å²) >= 11 is 0. The van der Waals surface area contributed by atoms with E-state index in [4.69, 9.17) is 8.94 Å². The summed E-state index contributed by atoms with van der Waals surface area (Å²) in [5, 5.41) is 3.98. The Balaban J connectivity index is 1.76. The van der Waals surface area contributed by atoms with Crippen LogP contribution >= 0.6 is 0 Å². The zero-order valence-electron chi connectivity index (χ0n) is 13.1. The van der Waals surface area contributed by atoms with Crippen molar-refractivity contribution in [2.75, 3.05) is 13.1 Å². The third-order valence-electron chi connectivity index (χ3n) is 3.95. The Labute approximate surface area is 128 Å². The van der Waals surface area contributed by atoms with Gasteiger partial charge in [-0.25, -0.2) is 4.98 Å². The molecule has 1 fully saturated rings. The molecule has 0 N–H and O–H groups in total. The highest BCUT2D eigenvalue weighted by Crippen LogP contribution is 2.26. The van der Waals surface area contributed by atoms with Gasteiger partial charge < -0.3 is 13.8 Å². The summed E-state index contributed by atoms with van der Waals surface area (Å²) in [6.07, 6.45) is 2.55. The number of oxazole rings is 1. The van der Waals surface area contributed by atoms with Crippen molar-refractivity contribution in [3.63, 3.8) is 0 Å². The molecule has 3 rings (SSSR count). The second kappa shape index (κ2) is 5.90. The molecule has 1 aliphatic rings. The van der Waals surface area contributed by atoms with E-state index in [1.54, 1.807) is 18.7 Å². The first kappa shape index (κ1) is 14.7. The monoisotopic (exact) mass is 304 g/mol. The molecule has 0 aromatic carbocycles. The molecule has 1 saturated heterocycles. The van der Waals surface area contributed by atoms with Crippen molar-refractivity contribution in [3.05, 3.63) is 29.1 Å². The predicted octanol–water partition coefficient (Wildman–Crippen LogP) is 2.26. The fourth-order valence-electron chi connectivity index (χ4n) is 2.80. The van der Waals surface area contributed by atoms with Crippen molar-refractivity contribution in [1.82, 2.24) is 20.0 Å². The molecule has 0 saturated carbocycles. The number of nitrogens with zero attached hydrogens (tertiary/aromatic N) is 4. The van der Waals surface area contributed by atoms with E-state index in [1.165, 1.54) is 0 Å². The van der Waals surface area contributed by atoms with Crippen LogP contribution in [0.5, 0.6) is 0 Å². The van der Waals surface area contributed by atoms with Crippen LogP contribution in [0.15, 0.2) is 8.94 Å². The van der Waals surface area contributed by atoms with Gasteiger partial charge in [0.25, 0.3) is 5.91 Å². The van der Waals surface area contributed by atoms with Crippen molar-refractivity contribution in [2.45, 2.75) is 46.0 Å². The molecule has 1 atom stereocenters. The smallest absolute Gasteiger partial charge is 0.291 e. The van der Waals surface area contributed by atoms with E-state index in [-0.39, 0.29) is 11.8 Å². The maximum absolute atomic E-state index is 12.7. The molecule has 1 amide bonds. The van der Waals surface area contributed by atoms with Gasteiger partial charge in [-0.1, -0.05) is 12.1 Å². The molecule has 0 spiro atoms. The van der Waals surface area contributed by atoms with Gasteiger partial charge in [-0.05, 0) is 19.8 Å². The zero-order valence-corrected chi connectivity index (χ0v) is 13.1. The number of hydrogen-bond acceptors (Lipinski definition) is 6. The number of piperidine rings is 1. The average Bonchev–Trinajstić information content (AvgIpc) is 3.12. The van der Waals surface area contributed by atoms with Crippen LogP contribution in [0.3, 0.4) is 0 Å². The van der Waals surface area contributed by atoms with Crippen LogP contribution in [0.1, 0.15) is 59.5 Å². The molecule has 1 aliphatic heterocycles. The third-order valence-corrected chi connectivity index (χ3v) is 3.95. The van der Waals surface area contributed by atoms with Gasteiger partial charge >= 0.3 is 0 Å². The van der Waals surface area contributed by atoms with Crippen LogP contribution < -0.4 is 0 Å². The normalized spacial score (nSPS) is 18.7. The Morgan fingerprint density at radius 3 is 2.82 bits per heavy atom. The van der Waals surface area contributed by atoms with Gasteiger partial charge in [0, 0.05) is 32.4 Å². The van der Waals surface area contributed by atoms with Gasteiger partial charge in [0.1, 0.15) is 0 Å². The Morgan fingerprint density at radius 2 is 2.18 bits per heavy atom. The largest absolute Gasteiger partial charge is 0.435 e. The van der Waals surface area contributed by atoms with Crippen molar-refractivity contribution < 1.29 is 13.7 Å². The fraction of sp³-hybridized carbons (Fsp3) is 0.600. The van der Waals surface area contributed by atoms with E-state index in [0.29, 0.717) is 48.6 Å². The topological polar surface area (TPSA) is 85.3 Å². The molecule has 7 heteroatoms. The predicted molar refractivity (Wildman–Crippen MR) is 77.5 cm³/mol. The van der Waals surface area contributed by atoms with E-state index in [0.717, 1.165) is 12.8 Å². The number of carbonyl (C=O) groups excluding carboxylic acids is 1. The standard InChI is InChI=1S/C15H20N4O3/c1-4-12-16-9(2)13(21-12)15(20)19-7-5-6-11(8-19)14-17-10(3)22-18-14/h11H,4-8H2,1-3H3/t11-/m1/s1. The quantitative estimate of drug-likeness (QED) is 0.864. The Bertz CT molecular complexity index is 676. The minimum atomic E-state index is -0.102. The van der Waals surface area contributed by atoms with Gasteiger partial charge in [-0.15, -0.1) is 0 Å². The van der Waals surface area contributed by atoms with E-state index in [1.807, 2.05) is 6.92 Å². The summed E-state index contributed by atoms with van der Waals surface area (Å²) in [6.45, 7) is 6.83. The molecule has 2 aromatic rings. The van der Waals surface area contributed by atoms with Crippen molar-refractivity contribution in [2.24, 2.45) is 0 Å². The lowest BCUT2D eigenvalue weighted by molar-refractivity contribution is 0.0668. The molecule has 0 radical (unpaired) electrons. The number of amides is 1. The third kappa shape index (κ3) is 2.75. The van der Waals surface area contributed by atoms with E-state index >= 15 is 0 Å². The number of aromatic nitrogens is 3. The van der Waals surface area contributed by atoms with E-state index in [9.17, 15) is 4.79 Å². The van der Waals surface area contributed by atoms with Crippen molar-refractivity contribution >= 4 is 5.91 Å². The van der Waals surface area contributed by atoms with E-state index in [2.05, 4.69) is 15.1 Å². The molecule has 22 heavy (non-hydrogen) atoms. The van der Waals surface area contributed by atoms with E-state index < -0.39 is 0 Å². The summed E-state index contributed by atoms with van der Waals surface area (Å²) in [7, 11) is 0. The van der Waals surface area contributed by atoms with Crippen molar-refractivity contribution in [1.29, 1.82) is 0 Å². The molecule has 0 aliphatic carbocycles. The lowest BCUT2D eigenvalue weighted by Gasteiger charge is -2.30. The Kier molecular flexibility index (Phi) is 3.96. The molecule has 2 aromatic heterocycles. The minimum Gasteiger partial charge on any atom is -0.435 e. The summed E-state index contributed by atoms with van der Waals surface area (Å²) in [6, 6.07) is 0. The van der Waals surface area contributed by atoms with Gasteiger partial charge in [0.05, 0.1) is 5.69 Å². The molecule has 7 nitrogen and oxygen atoms in total. The number of likely N-dealkylation sites (tertiary alicyclic amines) is 1. The van der Waals surface area contributed by atoms with Gasteiger partial charge in [0.15, 0.2) is 11.7 Å². The molecule has 0 unspecified atom stereocenters. The lowest BCUT2D eigenvalue weighted by atomic mass is 9.97. The summed E-state index contributed by atoms with van der Waals surface area (Å²) < 4.78 is 10.6. The number of carbonyl (C=O) groups is 1. The average molecular weight is 304 g/mol. The first-order chi connectivity index (χ1) is 10.6. The van der Waals surface area contributed by atoms with Crippen LogP contribution in [0.25, 0.3) is 0 Å². The zero-order chi connectivity index (χ0) is 15.7. The lowest BCUT2D eigenvalue weighted by Crippen LogP contribution is -2.39. The second-order valence-corrected chi connectivity index (χ2v) is 5.64. The van der Waals surface area contributed by atoms with Crippen molar-refractivity contribution in [3.8, 4) is 0 Å². The minimum absolute atomic E-state index is 0.102. The Morgan fingerprint density at radius 1 is 1.36 bits per heavy atom. The fourth-order valence-corrected chi connectivity index (χ4v) is 2.80. The highest BCUT2D eigenvalue weighted by Gasteiger charge is 2.30. The first-order valence-electron chi connectivity index (χ1n) is 7.64. The maximum Gasteiger partial charge on any atom is 0.291 e. The molecule has 0 bridgehead atoms.